The molecule has 2 heterocycles. The lowest BCUT2D eigenvalue weighted by atomic mass is 10.3. The fraction of sp³-hybridized carbons (Fsp3) is 0.571. The molecule has 0 amide bonds. The van der Waals surface area contributed by atoms with Crippen LogP contribution in [0.2, 0.25) is 5.28 Å². The van der Waals surface area contributed by atoms with Gasteiger partial charge in [0.15, 0.2) is 0 Å². The van der Waals surface area contributed by atoms with E-state index in [0.29, 0.717) is 32.3 Å². The molecule has 0 atom stereocenters. The van der Waals surface area contributed by atoms with Crippen LogP contribution in [0, 0.1) is 0 Å². The molecule has 0 saturated heterocycles. The highest BCUT2D eigenvalue weighted by Crippen LogP contribution is 2.31. The average Bonchev–Trinajstić information content (AvgIpc) is 2.89. The lowest BCUT2D eigenvalue weighted by molar-refractivity contribution is 0.0643. The van der Waals surface area contributed by atoms with E-state index in [-0.39, 0.29) is 5.28 Å². The van der Waals surface area contributed by atoms with Gasteiger partial charge in [-0.15, -0.1) is 11.3 Å². The van der Waals surface area contributed by atoms with Gasteiger partial charge < -0.3 is 14.2 Å². The Labute approximate surface area is 133 Å². The highest BCUT2D eigenvalue weighted by Gasteiger charge is 2.11. The molecule has 0 unspecified atom stereocenters. The molecule has 21 heavy (non-hydrogen) atoms. The second-order valence-corrected chi connectivity index (χ2v) is 5.84. The summed E-state index contributed by atoms with van der Waals surface area (Å²) in [4.78, 5) is 10.5. The summed E-state index contributed by atoms with van der Waals surface area (Å²) in [5, 5.41) is 1.15. The number of fused-ring (bicyclic) bond motifs is 1. The number of aryl methyl sites for hydroxylation is 1. The molecular formula is C14H19ClN2O3S. The molecule has 7 heteroatoms. The monoisotopic (exact) mass is 330 g/mol. The van der Waals surface area contributed by atoms with Crippen molar-refractivity contribution in [1.29, 1.82) is 0 Å². The van der Waals surface area contributed by atoms with Gasteiger partial charge in [-0.1, -0.05) is 6.92 Å². The Kier molecular flexibility index (Phi) is 6.63. The lowest BCUT2D eigenvalue weighted by Crippen LogP contribution is -2.07. The van der Waals surface area contributed by atoms with Crippen molar-refractivity contribution in [3.63, 3.8) is 0 Å². The van der Waals surface area contributed by atoms with Crippen LogP contribution in [0.15, 0.2) is 6.07 Å². The van der Waals surface area contributed by atoms with Crippen LogP contribution in [-0.2, 0) is 15.9 Å². The van der Waals surface area contributed by atoms with E-state index >= 15 is 0 Å². The van der Waals surface area contributed by atoms with Crippen molar-refractivity contribution in [2.24, 2.45) is 0 Å². The minimum atomic E-state index is 0.221. The van der Waals surface area contributed by atoms with Gasteiger partial charge in [-0.25, -0.2) is 4.98 Å². The van der Waals surface area contributed by atoms with Crippen molar-refractivity contribution in [3.05, 3.63) is 16.2 Å². The molecule has 0 fully saturated rings. The summed E-state index contributed by atoms with van der Waals surface area (Å²) in [6, 6.07) is 2.07. The van der Waals surface area contributed by atoms with Gasteiger partial charge in [0.25, 0.3) is 0 Å². The molecular weight excluding hydrogens is 312 g/mol. The number of halogens is 1. The van der Waals surface area contributed by atoms with Gasteiger partial charge in [-0.3, -0.25) is 0 Å². The van der Waals surface area contributed by atoms with Crippen LogP contribution in [0.25, 0.3) is 10.2 Å². The maximum absolute atomic E-state index is 5.94. The smallest absolute Gasteiger partial charge is 0.227 e. The number of nitrogens with zero attached hydrogens (tertiary/aromatic N) is 2. The van der Waals surface area contributed by atoms with Crippen molar-refractivity contribution < 1.29 is 14.2 Å². The number of aromatic nitrogens is 2. The summed E-state index contributed by atoms with van der Waals surface area (Å²) in [5.41, 5.74) is 0. The molecule has 5 nitrogen and oxygen atoms in total. The van der Waals surface area contributed by atoms with E-state index in [1.807, 2.05) is 0 Å². The standard InChI is InChI=1S/C14H19ClN2O3S/c1-3-10-9-11-12(16-14(15)17-13(11)21-10)20-6-4-5-19-8-7-18-2/h9H,3-8H2,1-2H3. The summed E-state index contributed by atoms with van der Waals surface area (Å²) >= 11 is 7.56. The highest BCUT2D eigenvalue weighted by molar-refractivity contribution is 7.18. The molecule has 0 radical (unpaired) electrons. The van der Waals surface area contributed by atoms with Crippen molar-refractivity contribution >= 4 is 33.2 Å². The van der Waals surface area contributed by atoms with Gasteiger partial charge in [0.1, 0.15) is 4.83 Å². The van der Waals surface area contributed by atoms with Crippen molar-refractivity contribution in [3.8, 4) is 5.88 Å². The number of thiophene rings is 1. The minimum absolute atomic E-state index is 0.221. The summed E-state index contributed by atoms with van der Waals surface area (Å²) in [6.45, 7) is 4.49. The molecule has 2 aromatic rings. The third kappa shape index (κ3) is 4.78. The Morgan fingerprint density at radius 3 is 2.81 bits per heavy atom. The van der Waals surface area contributed by atoms with Crippen molar-refractivity contribution in [1.82, 2.24) is 9.97 Å². The first-order valence-electron chi connectivity index (χ1n) is 6.90. The van der Waals surface area contributed by atoms with Crippen LogP contribution in [0.1, 0.15) is 18.2 Å². The zero-order valence-electron chi connectivity index (χ0n) is 12.2. The van der Waals surface area contributed by atoms with Gasteiger partial charge in [0.2, 0.25) is 11.2 Å². The molecule has 0 bridgehead atoms. The molecule has 0 aliphatic heterocycles. The van der Waals surface area contributed by atoms with E-state index in [0.717, 1.165) is 23.1 Å². The normalized spacial score (nSPS) is 11.2. The van der Waals surface area contributed by atoms with Crippen molar-refractivity contribution in [2.75, 3.05) is 33.5 Å². The van der Waals surface area contributed by atoms with Gasteiger partial charge in [-0.2, -0.15) is 4.98 Å². The quantitative estimate of drug-likeness (QED) is 0.521. The molecule has 2 rings (SSSR count). The summed E-state index contributed by atoms with van der Waals surface area (Å²) < 4.78 is 16.0. The van der Waals surface area contributed by atoms with Crippen LogP contribution < -0.4 is 4.74 Å². The van der Waals surface area contributed by atoms with Crippen LogP contribution >= 0.6 is 22.9 Å². The molecule has 0 saturated carbocycles. The van der Waals surface area contributed by atoms with Crippen molar-refractivity contribution in [2.45, 2.75) is 19.8 Å². The topological polar surface area (TPSA) is 53.5 Å². The predicted molar refractivity (Wildman–Crippen MR) is 84.6 cm³/mol. The zero-order chi connectivity index (χ0) is 15.1. The van der Waals surface area contributed by atoms with E-state index in [9.17, 15) is 0 Å². The molecule has 0 aliphatic rings. The molecule has 0 spiro atoms. The largest absolute Gasteiger partial charge is 0.477 e. The van der Waals surface area contributed by atoms with Gasteiger partial charge in [0, 0.05) is 25.0 Å². The molecule has 116 valence electrons. The Morgan fingerprint density at radius 2 is 2.05 bits per heavy atom. The molecule has 0 aliphatic carbocycles. The number of hydrogen-bond donors (Lipinski definition) is 0. The summed E-state index contributed by atoms with van der Waals surface area (Å²) in [5.74, 6) is 0.554. The third-order valence-electron chi connectivity index (χ3n) is 2.83. The molecule has 2 aromatic heterocycles. The fourth-order valence-corrected chi connectivity index (χ4v) is 2.95. The Balaban J connectivity index is 1.90. The number of methoxy groups -OCH3 is 1. The fourth-order valence-electron chi connectivity index (χ4n) is 1.78. The summed E-state index contributed by atoms with van der Waals surface area (Å²) in [7, 11) is 1.65. The van der Waals surface area contributed by atoms with E-state index in [2.05, 4.69) is 23.0 Å². The van der Waals surface area contributed by atoms with Crippen LogP contribution in [0.5, 0.6) is 5.88 Å². The average molecular weight is 331 g/mol. The Bertz CT molecular complexity index is 577. The van der Waals surface area contributed by atoms with E-state index < -0.39 is 0 Å². The minimum Gasteiger partial charge on any atom is -0.477 e. The predicted octanol–water partition coefficient (Wildman–Crippen LogP) is 3.34. The SMILES string of the molecule is CCc1cc2c(OCCCOCCOC)nc(Cl)nc2s1. The second-order valence-electron chi connectivity index (χ2n) is 4.39. The maximum Gasteiger partial charge on any atom is 0.227 e. The maximum atomic E-state index is 5.94. The van der Waals surface area contributed by atoms with Crippen LogP contribution in [-0.4, -0.2) is 43.5 Å². The van der Waals surface area contributed by atoms with Gasteiger partial charge in [0.05, 0.1) is 25.2 Å². The number of ether oxygens (including phenoxy) is 3. The zero-order valence-corrected chi connectivity index (χ0v) is 13.8. The lowest BCUT2D eigenvalue weighted by Gasteiger charge is -2.07. The van der Waals surface area contributed by atoms with Crippen LogP contribution in [0.4, 0.5) is 0 Å². The number of rotatable bonds is 9. The second kappa shape index (κ2) is 8.48. The molecule has 0 N–H and O–H groups in total. The Hall–Kier alpha value is -0.950. The van der Waals surface area contributed by atoms with Gasteiger partial charge >= 0.3 is 0 Å². The van der Waals surface area contributed by atoms with Gasteiger partial charge in [-0.05, 0) is 24.1 Å². The molecule has 0 aromatic carbocycles. The van der Waals surface area contributed by atoms with E-state index in [4.69, 9.17) is 25.8 Å². The highest BCUT2D eigenvalue weighted by atomic mass is 35.5. The Morgan fingerprint density at radius 1 is 1.19 bits per heavy atom. The van der Waals surface area contributed by atoms with E-state index in [1.54, 1.807) is 18.4 Å². The first-order chi connectivity index (χ1) is 10.2. The first-order valence-corrected chi connectivity index (χ1v) is 8.09. The summed E-state index contributed by atoms with van der Waals surface area (Å²) in [6.07, 6.45) is 1.75. The number of hydrogen-bond acceptors (Lipinski definition) is 6. The van der Waals surface area contributed by atoms with E-state index in [1.165, 1.54) is 4.88 Å². The first kappa shape index (κ1) is 16.4. The van der Waals surface area contributed by atoms with Crippen LogP contribution in [0.3, 0.4) is 0 Å². The third-order valence-corrected chi connectivity index (χ3v) is 4.18.